The molecule has 0 aliphatic heterocycles. The summed E-state index contributed by atoms with van der Waals surface area (Å²) in [6.45, 7) is 10.00. The zero-order valence-electron chi connectivity index (χ0n) is 9.01. The molecule has 0 bridgehead atoms. The predicted octanol–water partition coefficient (Wildman–Crippen LogP) is 2.30. The van der Waals surface area contributed by atoms with Gasteiger partial charge in [-0.15, -0.1) is 0 Å². The van der Waals surface area contributed by atoms with Crippen molar-refractivity contribution < 1.29 is 14.0 Å². The van der Waals surface area contributed by atoms with E-state index in [9.17, 15) is 4.79 Å². The van der Waals surface area contributed by atoms with E-state index in [0.717, 1.165) is 0 Å². The van der Waals surface area contributed by atoms with Gasteiger partial charge in [-0.1, -0.05) is 0 Å². The topological polar surface area (TPSA) is 35.5 Å². The second-order valence-corrected chi connectivity index (χ2v) is 8.02. The molecular weight excluding hydrogens is 184 g/mol. The van der Waals surface area contributed by atoms with Crippen molar-refractivity contribution >= 4 is 14.3 Å². The maximum absolute atomic E-state index is 11.3. The Balaban J connectivity index is 4.29. The van der Waals surface area contributed by atoms with E-state index in [1.165, 1.54) is 0 Å². The third-order valence-corrected chi connectivity index (χ3v) is 1.99. The lowest BCUT2D eigenvalue weighted by Crippen LogP contribution is -2.28. The molecule has 0 aromatic rings. The molecule has 0 rings (SSSR count). The van der Waals surface area contributed by atoms with Crippen molar-refractivity contribution in [1.29, 1.82) is 0 Å². The van der Waals surface area contributed by atoms with Gasteiger partial charge in [0.15, 0.2) is 5.76 Å². The number of ether oxygens (including phenoxy) is 1. The fourth-order valence-electron chi connectivity index (χ4n) is 0.751. The molecule has 0 N–H and O–H groups in total. The Labute approximate surface area is 80.9 Å². The number of allylic oxidation sites excluding steroid dienone is 1. The third kappa shape index (κ3) is 5.46. The van der Waals surface area contributed by atoms with Gasteiger partial charge in [0.25, 0.3) is 0 Å². The lowest BCUT2D eigenvalue weighted by Gasteiger charge is -2.20. The highest BCUT2D eigenvalue weighted by atomic mass is 28.4. The number of carbonyl (C=O) groups excluding carboxylic acids is 1. The minimum Gasteiger partial charge on any atom is -0.540 e. The Morgan fingerprint density at radius 3 is 2.23 bits per heavy atom. The molecule has 0 atom stereocenters. The molecule has 0 saturated carbocycles. The van der Waals surface area contributed by atoms with Crippen molar-refractivity contribution in [3.63, 3.8) is 0 Å². The van der Waals surface area contributed by atoms with E-state index in [4.69, 9.17) is 9.16 Å². The van der Waals surface area contributed by atoms with Crippen LogP contribution in [-0.2, 0) is 14.0 Å². The molecule has 0 heterocycles. The quantitative estimate of drug-likeness (QED) is 0.304. The van der Waals surface area contributed by atoms with Crippen molar-refractivity contribution in [2.24, 2.45) is 0 Å². The summed E-state index contributed by atoms with van der Waals surface area (Å²) < 4.78 is 10.4. The van der Waals surface area contributed by atoms with Crippen LogP contribution < -0.4 is 0 Å². The number of hydrogen-bond donors (Lipinski definition) is 0. The SMILES string of the molecule is C/C=C(/O[Si](C)(C)C)C(=O)OCC. The van der Waals surface area contributed by atoms with Crippen molar-refractivity contribution in [3.8, 4) is 0 Å². The summed E-state index contributed by atoms with van der Waals surface area (Å²) in [6, 6.07) is 0. The van der Waals surface area contributed by atoms with Gasteiger partial charge in [-0.2, -0.15) is 0 Å². The van der Waals surface area contributed by atoms with Crippen LogP contribution in [0.3, 0.4) is 0 Å². The highest BCUT2D eigenvalue weighted by Crippen LogP contribution is 2.11. The number of carbonyl (C=O) groups is 1. The predicted molar refractivity (Wildman–Crippen MR) is 54.8 cm³/mol. The first-order valence-electron chi connectivity index (χ1n) is 4.43. The fraction of sp³-hybridized carbons (Fsp3) is 0.667. The van der Waals surface area contributed by atoms with Crippen molar-refractivity contribution in [2.75, 3.05) is 6.61 Å². The first-order chi connectivity index (χ1) is 5.90. The highest BCUT2D eigenvalue weighted by Gasteiger charge is 2.21. The second kappa shape index (κ2) is 5.06. The number of rotatable bonds is 4. The van der Waals surface area contributed by atoms with Crippen LogP contribution in [-0.4, -0.2) is 20.9 Å². The highest BCUT2D eigenvalue weighted by molar-refractivity contribution is 6.70. The van der Waals surface area contributed by atoms with E-state index in [1.54, 1.807) is 19.9 Å². The molecule has 0 aliphatic carbocycles. The van der Waals surface area contributed by atoms with Gasteiger partial charge in [0, 0.05) is 0 Å². The van der Waals surface area contributed by atoms with E-state index in [0.29, 0.717) is 12.4 Å². The molecular formula is C9H18O3Si. The van der Waals surface area contributed by atoms with Crippen LogP contribution >= 0.6 is 0 Å². The Morgan fingerprint density at radius 1 is 1.38 bits per heavy atom. The van der Waals surface area contributed by atoms with Crippen LogP contribution in [0.5, 0.6) is 0 Å². The maximum Gasteiger partial charge on any atom is 0.371 e. The normalized spacial score (nSPS) is 12.5. The number of esters is 1. The fourth-order valence-corrected chi connectivity index (χ4v) is 1.61. The van der Waals surface area contributed by atoms with Crippen LogP contribution in [0.15, 0.2) is 11.8 Å². The third-order valence-electron chi connectivity index (χ3n) is 1.15. The van der Waals surface area contributed by atoms with Gasteiger partial charge in [-0.05, 0) is 39.6 Å². The zero-order chi connectivity index (χ0) is 10.5. The van der Waals surface area contributed by atoms with Crippen molar-refractivity contribution in [2.45, 2.75) is 33.5 Å². The molecule has 0 aromatic carbocycles. The summed E-state index contributed by atoms with van der Waals surface area (Å²) >= 11 is 0. The molecule has 0 radical (unpaired) electrons. The van der Waals surface area contributed by atoms with E-state index in [1.807, 2.05) is 19.6 Å². The zero-order valence-corrected chi connectivity index (χ0v) is 10.0. The summed E-state index contributed by atoms with van der Waals surface area (Å²) in [7, 11) is -1.70. The first-order valence-corrected chi connectivity index (χ1v) is 7.84. The van der Waals surface area contributed by atoms with Crippen molar-refractivity contribution in [1.82, 2.24) is 0 Å². The van der Waals surface area contributed by atoms with Crippen molar-refractivity contribution in [3.05, 3.63) is 11.8 Å². The molecule has 0 amide bonds. The average molecular weight is 202 g/mol. The second-order valence-electron chi connectivity index (χ2n) is 3.59. The van der Waals surface area contributed by atoms with Crippen LogP contribution in [0.1, 0.15) is 13.8 Å². The summed E-state index contributed by atoms with van der Waals surface area (Å²) in [4.78, 5) is 11.3. The molecule has 0 aliphatic rings. The first kappa shape index (κ1) is 12.2. The molecule has 4 heteroatoms. The summed E-state index contributed by atoms with van der Waals surface area (Å²) in [5.41, 5.74) is 0. The minimum atomic E-state index is -1.70. The van der Waals surface area contributed by atoms with Gasteiger partial charge in [0.2, 0.25) is 8.32 Å². The Hall–Kier alpha value is -0.773. The van der Waals surface area contributed by atoms with E-state index in [-0.39, 0.29) is 5.97 Å². The van der Waals surface area contributed by atoms with E-state index >= 15 is 0 Å². The molecule has 0 spiro atoms. The number of hydrogen-bond acceptors (Lipinski definition) is 3. The van der Waals surface area contributed by atoms with Gasteiger partial charge in [0.05, 0.1) is 6.61 Å². The molecule has 3 nitrogen and oxygen atoms in total. The molecule has 0 fully saturated rings. The van der Waals surface area contributed by atoms with Gasteiger partial charge in [-0.3, -0.25) is 0 Å². The maximum atomic E-state index is 11.3. The standard InChI is InChI=1S/C9H18O3Si/c1-6-8(9(10)11-7-2)12-13(3,4)5/h6H,7H2,1-5H3/b8-6+. The van der Waals surface area contributed by atoms with Crippen LogP contribution in [0, 0.1) is 0 Å². The summed E-state index contributed by atoms with van der Waals surface area (Å²) in [5.74, 6) is -0.0339. The Bertz CT molecular complexity index is 203. The molecule has 0 aromatic heterocycles. The van der Waals surface area contributed by atoms with E-state index in [2.05, 4.69) is 0 Å². The van der Waals surface area contributed by atoms with Gasteiger partial charge in [0.1, 0.15) is 0 Å². The lowest BCUT2D eigenvalue weighted by molar-refractivity contribution is -0.141. The van der Waals surface area contributed by atoms with Gasteiger partial charge < -0.3 is 9.16 Å². The lowest BCUT2D eigenvalue weighted by atomic mass is 10.5. The monoisotopic (exact) mass is 202 g/mol. The Morgan fingerprint density at radius 2 is 1.92 bits per heavy atom. The molecule has 13 heavy (non-hydrogen) atoms. The molecule has 0 saturated heterocycles. The molecule has 0 unspecified atom stereocenters. The van der Waals surface area contributed by atoms with Crippen LogP contribution in [0.25, 0.3) is 0 Å². The summed E-state index contributed by atoms with van der Waals surface area (Å²) in [5, 5.41) is 0. The molecule has 76 valence electrons. The van der Waals surface area contributed by atoms with Gasteiger partial charge >= 0.3 is 5.97 Å². The largest absolute Gasteiger partial charge is 0.540 e. The minimum absolute atomic E-state index is 0.334. The average Bonchev–Trinajstić information content (AvgIpc) is 1.99. The van der Waals surface area contributed by atoms with Crippen LogP contribution in [0.2, 0.25) is 19.6 Å². The van der Waals surface area contributed by atoms with Crippen LogP contribution in [0.4, 0.5) is 0 Å². The van der Waals surface area contributed by atoms with E-state index < -0.39 is 8.32 Å². The van der Waals surface area contributed by atoms with Gasteiger partial charge in [-0.25, -0.2) is 4.79 Å². The smallest absolute Gasteiger partial charge is 0.371 e. The summed E-state index contributed by atoms with van der Waals surface area (Å²) in [6.07, 6.45) is 1.65. The Kier molecular flexibility index (Phi) is 4.76.